The molecule has 1 aromatic carbocycles. The number of aliphatic carboxylic acids is 1. The maximum absolute atomic E-state index is 13.7. The van der Waals surface area contributed by atoms with Crippen molar-refractivity contribution < 1.29 is 63.7 Å². The van der Waals surface area contributed by atoms with Gasteiger partial charge in [0.25, 0.3) is 6.10 Å². The first-order chi connectivity index (χ1) is 19.2. The van der Waals surface area contributed by atoms with E-state index in [1.54, 1.807) is 6.07 Å². The van der Waals surface area contributed by atoms with Gasteiger partial charge in [0, 0.05) is 45.0 Å². The van der Waals surface area contributed by atoms with Gasteiger partial charge in [0.2, 0.25) is 0 Å². The minimum absolute atomic E-state index is 0.000646. The fourth-order valence-electron chi connectivity index (χ4n) is 5.58. The highest BCUT2D eigenvalue weighted by Gasteiger charge is 2.60. The highest BCUT2D eigenvalue weighted by atomic mass is 19.4. The molecule has 1 unspecified atom stereocenters. The average molecular weight is 621 g/mol. The van der Waals surface area contributed by atoms with Crippen molar-refractivity contribution in [2.24, 2.45) is 5.41 Å². The Morgan fingerprint density at radius 1 is 0.952 bits per heavy atom. The Bertz CT molecular complexity index is 1160. The van der Waals surface area contributed by atoms with Crippen molar-refractivity contribution in [2.45, 2.75) is 56.5 Å². The number of halogens is 9. The predicted octanol–water partition coefficient (Wildman–Crippen LogP) is 4.91. The number of carboxylic acids is 1. The van der Waals surface area contributed by atoms with Gasteiger partial charge in [-0.05, 0) is 48.9 Å². The summed E-state index contributed by atoms with van der Waals surface area (Å²) in [5.74, 6) is -1.25. The van der Waals surface area contributed by atoms with E-state index >= 15 is 0 Å². The van der Waals surface area contributed by atoms with Crippen LogP contribution in [0.3, 0.4) is 0 Å². The predicted molar refractivity (Wildman–Crippen MR) is 127 cm³/mol. The first-order valence-corrected chi connectivity index (χ1v) is 12.9. The number of anilines is 1. The van der Waals surface area contributed by atoms with Crippen LogP contribution in [0.4, 0.5) is 50.0 Å². The molecule has 0 bridgehead atoms. The molecule has 0 radical (unpaired) electrons. The van der Waals surface area contributed by atoms with Crippen molar-refractivity contribution in [2.75, 3.05) is 50.8 Å². The van der Waals surface area contributed by atoms with Crippen LogP contribution in [0, 0.1) is 5.41 Å². The summed E-state index contributed by atoms with van der Waals surface area (Å²) in [5, 5.41) is 9.47. The van der Waals surface area contributed by atoms with Crippen LogP contribution >= 0.6 is 0 Å². The van der Waals surface area contributed by atoms with E-state index in [1.807, 2.05) is 4.90 Å². The summed E-state index contributed by atoms with van der Waals surface area (Å²) in [5.41, 5.74) is -2.39. The van der Waals surface area contributed by atoms with Crippen LogP contribution in [0.25, 0.3) is 0 Å². The molecule has 3 fully saturated rings. The lowest BCUT2D eigenvalue weighted by atomic mass is 9.72. The number of amides is 1. The maximum Gasteiger partial charge on any atom is 0.434 e. The van der Waals surface area contributed by atoms with Crippen LogP contribution in [-0.2, 0) is 27.0 Å². The molecule has 1 N–H and O–H groups in total. The third kappa shape index (κ3) is 6.98. The number of hydrogen-bond acceptors (Lipinski definition) is 6. The second-order valence-electron chi connectivity index (χ2n) is 11.2. The number of carbonyl (C=O) groups excluding carboxylic acids is 1. The van der Waals surface area contributed by atoms with Crippen LogP contribution in [-0.4, -0.2) is 96.9 Å². The number of alkyl halides is 9. The average Bonchev–Trinajstić information content (AvgIpc) is 2.84. The van der Waals surface area contributed by atoms with Gasteiger partial charge < -0.3 is 24.4 Å². The highest BCUT2D eigenvalue weighted by molar-refractivity contribution is 5.78. The topological polar surface area (TPSA) is 82.6 Å². The third-order valence-corrected chi connectivity index (χ3v) is 7.82. The van der Waals surface area contributed by atoms with Crippen LogP contribution in [0.15, 0.2) is 18.2 Å². The number of hydrogen-bond donors (Lipinski definition) is 1. The number of carbonyl (C=O) groups is 2. The molecule has 0 saturated carbocycles. The second kappa shape index (κ2) is 11.0. The Labute approximate surface area is 233 Å². The van der Waals surface area contributed by atoms with Crippen LogP contribution < -0.4 is 4.90 Å². The van der Waals surface area contributed by atoms with Gasteiger partial charge in [0.1, 0.15) is 0 Å². The van der Waals surface area contributed by atoms with Gasteiger partial charge in [-0.2, -0.15) is 39.5 Å². The number of ether oxygens (including phenoxy) is 2. The van der Waals surface area contributed by atoms with Gasteiger partial charge in [-0.1, -0.05) is 0 Å². The van der Waals surface area contributed by atoms with E-state index in [1.165, 1.54) is 11.8 Å². The summed E-state index contributed by atoms with van der Waals surface area (Å²) in [4.78, 5) is 27.8. The molecule has 3 heterocycles. The Morgan fingerprint density at radius 3 is 2.07 bits per heavy atom. The van der Waals surface area contributed by atoms with Crippen LogP contribution in [0.2, 0.25) is 0 Å². The molecule has 3 aliphatic rings. The zero-order valence-corrected chi connectivity index (χ0v) is 22.2. The SMILES string of the molecule is CC1(C(=O)O)CN(c2cc(CN3CC4(CCN(C(=O)OC(C(F)(F)F)C(F)(F)F)CC4)C3)cc(C(F)(F)F)c2)CCO1. The molecular weight excluding hydrogens is 593 g/mol. The Balaban J connectivity index is 1.38. The zero-order valence-electron chi connectivity index (χ0n) is 22.2. The van der Waals surface area contributed by atoms with Crippen LogP contribution in [0.5, 0.6) is 0 Å². The molecule has 42 heavy (non-hydrogen) atoms. The van der Waals surface area contributed by atoms with E-state index < -0.39 is 53.3 Å². The maximum atomic E-state index is 13.7. The Kier molecular flexibility index (Phi) is 8.34. The Hall–Kier alpha value is -2.95. The van der Waals surface area contributed by atoms with Crippen molar-refractivity contribution in [1.29, 1.82) is 0 Å². The number of carboxylic acid groups (broad SMARTS) is 1. The van der Waals surface area contributed by atoms with E-state index in [-0.39, 0.29) is 57.9 Å². The molecular formula is C25H28F9N3O5. The molecule has 8 nitrogen and oxygen atoms in total. The molecule has 1 spiro atoms. The molecule has 3 saturated heterocycles. The summed E-state index contributed by atoms with van der Waals surface area (Å²) in [6.07, 6.45) is -21.7. The fourth-order valence-corrected chi connectivity index (χ4v) is 5.58. The normalized spacial score (nSPS) is 23.7. The molecule has 3 aliphatic heterocycles. The van der Waals surface area contributed by atoms with Gasteiger partial charge in [-0.3, -0.25) is 4.90 Å². The molecule has 17 heteroatoms. The van der Waals surface area contributed by atoms with Crippen molar-refractivity contribution >= 4 is 17.7 Å². The minimum atomic E-state index is -5.82. The number of likely N-dealkylation sites (tertiary alicyclic amines) is 2. The highest BCUT2D eigenvalue weighted by Crippen LogP contribution is 2.43. The summed E-state index contributed by atoms with van der Waals surface area (Å²) in [6, 6.07) is 3.50. The molecule has 0 aromatic heterocycles. The minimum Gasteiger partial charge on any atom is -0.479 e. The van der Waals surface area contributed by atoms with E-state index in [0.717, 1.165) is 17.0 Å². The first kappa shape index (κ1) is 32.0. The largest absolute Gasteiger partial charge is 0.479 e. The van der Waals surface area contributed by atoms with E-state index in [9.17, 15) is 54.2 Å². The monoisotopic (exact) mass is 621 g/mol. The molecule has 1 amide bonds. The second-order valence-corrected chi connectivity index (χ2v) is 11.2. The van der Waals surface area contributed by atoms with Gasteiger partial charge in [0.05, 0.1) is 18.7 Å². The lowest BCUT2D eigenvalue weighted by Gasteiger charge is -2.54. The van der Waals surface area contributed by atoms with Gasteiger partial charge in [-0.25, -0.2) is 9.59 Å². The van der Waals surface area contributed by atoms with Crippen molar-refractivity contribution in [3.8, 4) is 0 Å². The molecule has 1 aromatic rings. The van der Waals surface area contributed by atoms with Crippen molar-refractivity contribution in [1.82, 2.24) is 9.80 Å². The lowest BCUT2D eigenvalue weighted by Crippen LogP contribution is -2.60. The van der Waals surface area contributed by atoms with E-state index in [0.29, 0.717) is 18.7 Å². The van der Waals surface area contributed by atoms with E-state index in [2.05, 4.69) is 4.74 Å². The van der Waals surface area contributed by atoms with Gasteiger partial charge in [-0.15, -0.1) is 0 Å². The molecule has 4 rings (SSSR count). The van der Waals surface area contributed by atoms with E-state index in [4.69, 9.17) is 4.74 Å². The number of morpholine rings is 1. The summed E-state index contributed by atoms with van der Waals surface area (Å²) in [6.45, 7) is 1.98. The zero-order chi connectivity index (χ0) is 31.3. The molecule has 1 atom stereocenters. The smallest absolute Gasteiger partial charge is 0.434 e. The first-order valence-electron chi connectivity index (χ1n) is 12.9. The summed E-state index contributed by atoms with van der Waals surface area (Å²) < 4.78 is 127. The number of benzene rings is 1. The molecule has 236 valence electrons. The van der Waals surface area contributed by atoms with Crippen molar-refractivity contribution in [3.63, 3.8) is 0 Å². The third-order valence-electron chi connectivity index (χ3n) is 7.82. The van der Waals surface area contributed by atoms with Gasteiger partial charge in [0.15, 0.2) is 5.60 Å². The molecule has 0 aliphatic carbocycles. The number of piperidine rings is 1. The Morgan fingerprint density at radius 2 is 1.55 bits per heavy atom. The number of rotatable bonds is 5. The lowest BCUT2D eigenvalue weighted by molar-refractivity contribution is -0.308. The van der Waals surface area contributed by atoms with Gasteiger partial charge >= 0.3 is 30.6 Å². The number of nitrogens with zero attached hydrogens (tertiary/aromatic N) is 3. The quantitative estimate of drug-likeness (QED) is 0.468. The standard InChI is InChI=1S/C25H28F9N3O5/c1-21(19(38)39)12-37(6-7-41-21)17-9-15(8-16(10-17)23(26,27)28)11-35-13-22(14-35)2-4-36(5-3-22)20(40)42-18(24(29,30)31)25(32,33)34/h8-10,18H,2-7,11-14H2,1H3,(H,38,39). The summed E-state index contributed by atoms with van der Waals surface area (Å²) >= 11 is 0. The van der Waals surface area contributed by atoms with Crippen LogP contribution in [0.1, 0.15) is 30.9 Å². The fraction of sp³-hybridized carbons (Fsp3) is 0.680. The van der Waals surface area contributed by atoms with Crippen molar-refractivity contribution in [3.05, 3.63) is 29.3 Å². The summed E-state index contributed by atoms with van der Waals surface area (Å²) in [7, 11) is 0.